The Balaban J connectivity index is 2.01. The fourth-order valence-electron chi connectivity index (χ4n) is 1.72. The smallest absolute Gasteiger partial charge is 0.271 e. The van der Waals surface area contributed by atoms with Crippen molar-refractivity contribution in [1.29, 1.82) is 0 Å². The summed E-state index contributed by atoms with van der Waals surface area (Å²) in [6.45, 7) is 4.64. The average Bonchev–Trinajstić information content (AvgIpc) is 2.49. The predicted octanol–water partition coefficient (Wildman–Crippen LogP) is 1.79. The molecule has 2 rings (SSSR count). The number of hydrogen-bond donors (Lipinski definition) is 2. The maximum atomic E-state index is 12.0. The van der Waals surface area contributed by atoms with Gasteiger partial charge >= 0.3 is 0 Å². The minimum Gasteiger partial charge on any atom is -0.369 e. The molecule has 2 aromatic rings. The first-order valence-corrected chi connectivity index (χ1v) is 6.47. The Labute approximate surface area is 117 Å². The topological polar surface area (TPSA) is 79.8 Å². The van der Waals surface area contributed by atoms with Crippen LogP contribution in [-0.4, -0.2) is 27.4 Å². The number of anilines is 1. The Morgan fingerprint density at radius 3 is 2.60 bits per heavy atom. The van der Waals surface area contributed by atoms with Gasteiger partial charge in [0.25, 0.3) is 5.91 Å². The minimum atomic E-state index is -0.245. The van der Waals surface area contributed by atoms with Gasteiger partial charge in [-0.05, 0) is 31.5 Å². The van der Waals surface area contributed by atoms with Crippen LogP contribution in [0.1, 0.15) is 35.9 Å². The third-order valence-electron chi connectivity index (χ3n) is 2.80. The molecule has 2 heterocycles. The molecule has 2 N–H and O–H groups in total. The molecule has 0 radical (unpaired) electrons. The van der Waals surface area contributed by atoms with Crippen molar-refractivity contribution in [3.05, 3.63) is 48.2 Å². The van der Waals surface area contributed by atoms with Crippen molar-refractivity contribution in [2.75, 3.05) is 11.9 Å². The molecule has 0 saturated carbocycles. The summed E-state index contributed by atoms with van der Waals surface area (Å²) in [5.41, 5.74) is 1.29. The molecule has 0 aliphatic heterocycles. The normalized spacial score (nSPS) is 11.7. The van der Waals surface area contributed by atoms with Crippen LogP contribution in [0.3, 0.4) is 0 Å². The highest BCUT2D eigenvalue weighted by Gasteiger charge is 2.12. The Morgan fingerprint density at radius 1 is 1.25 bits per heavy atom. The summed E-state index contributed by atoms with van der Waals surface area (Å²) >= 11 is 0. The van der Waals surface area contributed by atoms with Gasteiger partial charge in [-0.2, -0.15) is 0 Å². The van der Waals surface area contributed by atoms with Gasteiger partial charge in [-0.3, -0.25) is 9.78 Å². The second-order valence-electron chi connectivity index (χ2n) is 4.29. The van der Waals surface area contributed by atoms with E-state index in [-0.39, 0.29) is 11.9 Å². The number of rotatable bonds is 5. The third kappa shape index (κ3) is 3.50. The number of amides is 1. The van der Waals surface area contributed by atoms with Crippen molar-refractivity contribution in [3.8, 4) is 0 Å². The molecule has 6 heteroatoms. The van der Waals surface area contributed by atoms with E-state index in [9.17, 15) is 4.79 Å². The van der Waals surface area contributed by atoms with Gasteiger partial charge in [0.2, 0.25) is 0 Å². The van der Waals surface area contributed by atoms with Gasteiger partial charge in [0.15, 0.2) is 0 Å². The monoisotopic (exact) mass is 271 g/mol. The van der Waals surface area contributed by atoms with Gasteiger partial charge in [-0.1, -0.05) is 0 Å². The number of nitrogens with one attached hydrogen (secondary N) is 2. The van der Waals surface area contributed by atoms with Crippen LogP contribution in [0.4, 0.5) is 5.82 Å². The van der Waals surface area contributed by atoms with E-state index in [1.807, 2.05) is 26.0 Å². The van der Waals surface area contributed by atoms with E-state index in [0.717, 1.165) is 12.1 Å². The molecule has 0 aliphatic rings. The van der Waals surface area contributed by atoms with Crippen LogP contribution in [0, 0.1) is 0 Å². The third-order valence-corrected chi connectivity index (χ3v) is 2.80. The number of carbonyl (C=O) groups is 1. The molecule has 1 amide bonds. The standard InChI is InChI=1S/C14H17N5O/c1-3-16-13-9-17-12(8-18-13)14(20)19-10(2)11-4-6-15-7-5-11/h4-10H,3H2,1-2H3,(H,16,18)(H,19,20). The minimum absolute atomic E-state index is 0.110. The fourth-order valence-corrected chi connectivity index (χ4v) is 1.72. The van der Waals surface area contributed by atoms with Crippen LogP contribution >= 0.6 is 0 Å². The number of nitrogens with zero attached hydrogens (tertiary/aromatic N) is 3. The molecule has 20 heavy (non-hydrogen) atoms. The predicted molar refractivity (Wildman–Crippen MR) is 76.3 cm³/mol. The first-order valence-electron chi connectivity index (χ1n) is 6.47. The summed E-state index contributed by atoms with van der Waals surface area (Å²) in [6.07, 6.45) is 6.41. The second kappa shape index (κ2) is 6.60. The summed E-state index contributed by atoms with van der Waals surface area (Å²) in [4.78, 5) is 24.2. The molecule has 0 fully saturated rings. The Hall–Kier alpha value is -2.50. The SMILES string of the molecule is CCNc1cnc(C(=O)NC(C)c2ccncc2)cn1. The van der Waals surface area contributed by atoms with Crippen LogP contribution in [0.25, 0.3) is 0 Å². The zero-order chi connectivity index (χ0) is 14.4. The van der Waals surface area contributed by atoms with Crippen molar-refractivity contribution in [1.82, 2.24) is 20.3 Å². The molecule has 0 bridgehead atoms. The highest BCUT2D eigenvalue weighted by Crippen LogP contribution is 2.11. The van der Waals surface area contributed by atoms with Crippen LogP contribution in [0.15, 0.2) is 36.9 Å². The quantitative estimate of drug-likeness (QED) is 0.866. The van der Waals surface area contributed by atoms with Crippen LogP contribution in [-0.2, 0) is 0 Å². The molecule has 6 nitrogen and oxygen atoms in total. The molecule has 2 aromatic heterocycles. The van der Waals surface area contributed by atoms with E-state index in [2.05, 4.69) is 25.6 Å². The van der Waals surface area contributed by atoms with Crippen molar-refractivity contribution < 1.29 is 4.79 Å². The molecule has 0 saturated heterocycles. The van der Waals surface area contributed by atoms with Crippen molar-refractivity contribution >= 4 is 11.7 Å². The van der Waals surface area contributed by atoms with Crippen molar-refractivity contribution in [3.63, 3.8) is 0 Å². The number of hydrogen-bond acceptors (Lipinski definition) is 5. The maximum absolute atomic E-state index is 12.0. The van der Waals surface area contributed by atoms with E-state index in [0.29, 0.717) is 11.5 Å². The van der Waals surface area contributed by atoms with Gasteiger partial charge in [0, 0.05) is 18.9 Å². The number of aromatic nitrogens is 3. The lowest BCUT2D eigenvalue weighted by atomic mass is 10.1. The van der Waals surface area contributed by atoms with Crippen LogP contribution in [0.5, 0.6) is 0 Å². The van der Waals surface area contributed by atoms with E-state index in [4.69, 9.17) is 0 Å². The molecule has 104 valence electrons. The molecular formula is C14H17N5O. The number of carbonyl (C=O) groups excluding carboxylic acids is 1. The van der Waals surface area contributed by atoms with Crippen LogP contribution < -0.4 is 10.6 Å². The lowest BCUT2D eigenvalue weighted by molar-refractivity contribution is 0.0934. The summed E-state index contributed by atoms with van der Waals surface area (Å²) < 4.78 is 0. The first kappa shape index (κ1) is 13.9. The van der Waals surface area contributed by atoms with E-state index < -0.39 is 0 Å². The maximum Gasteiger partial charge on any atom is 0.271 e. The van der Waals surface area contributed by atoms with Gasteiger partial charge in [0.1, 0.15) is 11.5 Å². The van der Waals surface area contributed by atoms with Gasteiger partial charge in [0.05, 0.1) is 18.4 Å². The average molecular weight is 271 g/mol. The molecule has 1 unspecified atom stereocenters. The fraction of sp³-hybridized carbons (Fsp3) is 0.286. The first-order chi connectivity index (χ1) is 9.70. The zero-order valence-corrected chi connectivity index (χ0v) is 11.5. The van der Waals surface area contributed by atoms with Gasteiger partial charge < -0.3 is 10.6 Å². The highest BCUT2D eigenvalue weighted by atomic mass is 16.1. The van der Waals surface area contributed by atoms with E-state index in [1.165, 1.54) is 6.20 Å². The lowest BCUT2D eigenvalue weighted by Gasteiger charge is -2.13. The van der Waals surface area contributed by atoms with Crippen LogP contribution in [0.2, 0.25) is 0 Å². The summed E-state index contributed by atoms with van der Waals surface area (Å²) in [5.74, 6) is 0.413. The summed E-state index contributed by atoms with van der Waals surface area (Å²) in [5, 5.41) is 5.90. The van der Waals surface area contributed by atoms with Crippen molar-refractivity contribution in [2.45, 2.75) is 19.9 Å². The molecule has 0 aliphatic carbocycles. The Bertz CT molecular complexity index is 556. The molecule has 1 atom stereocenters. The van der Waals surface area contributed by atoms with E-state index >= 15 is 0 Å². The van der Waals surface area contributed by atoms with Gasteiger partial charge in [-0.25, -0.2) is 9.97 Å². The summed E-state index contributed by atoms with van der Waals surface area (Å²) in [6, 6.07) is 3.62. The Morgan fingerprint density at radius 2 is 2.00 bits per heavy atom. The van der Waals surface area contributed by atoms with Crippen molar-refractivity contribution in [2.24, 2.45) is 0 Å². The summed E-state index contributed by atoms with van der Waals surface area (Å²) in [7, 11) is 0. The highest BCUT2D eigenvalue weighted by molar-refractivity contribution is 5.92. The zero-order valence-electron chi connectivity index (χ0n) is 11.5. The molecule has 0 aromatic carbocycles. The van der Waals surface area contributed by atoms with E-state index in [1.54, 1.807) is 18.6 Å². The molecular weight excluding hydrogens is 254 g/mol. The number of pyridine rings is 1. The lowest BCUT2D eigenvalue weighted by Crippen LogP contribution is -2.27. The van der Waals surface area contributed by atoms with Gasteiger partial charge in [-0.15, -0.1) is 0 Å². The Kier molecular flexibility index (Phi) is 4.60. The largest absolute Gasteiger partial charge is 0.369 e. The molecule has 0 spiro atoms. The second-order valence-corrected chi connectivity index (χ2v) is 4.29.